The smallest absolute Gasteiger partial charge is 0.295 e. The highest BCUT2D eigenvalue weighted by Crippen LogP contribution is 2.39. The maximum Gasteiger partial charge on any atom is 0.295 e. The molecule has 0 radical (unpaired) electrons. The molecule has 36 heavy (non-hydrogen) atoms. The summed E-state index contributed by atoms with van der Waals surface area (Å²) in [5, 5.41) is 12.2. The average Bonchev–Trinajstić information content (AvgIpc) is 3.44. The van der Waals surface area contributed by atoms with Crippen LogP contribution >= 0.6 is 0 Å². The first-order chi connectivity index (χ1) is 17.5. The molecule has 2 N–H and O–H groups in total. The number of ether oxygens (including phenoxy) is 2. The fraction of sp³-hybridized carbons (Fsp3) is 0.179. The van der Waals surface area contributed by atoms with Crippen LogP contribution in [-0.4, -0.2) is 52.4 Å². The van der Waals surface area contributed by atoms with Crippen LogP contribution in [0.2, 0.25) is 0 Å². The molecule has 1 amide bonds. The van der Waals surface area contributed by atoms with E-state index in [4.69, 9.17) is 9.47 Å². The maximum absolute atomic E-state index is 13.2. The molecule has 182 valence electrons. The molecule has 0 saturated carbocycles. The van der Waals surface area contributed by atoms with Crippen molar-refractivity contribution in [3.8, 4) is 11.5 Å². The molecule has 2 aromatic heterocycles. The number of hydrogen-bond donors (Lipinski definition) is 2. The van der Waals surface area contributed by atoms with Gasteiger partial charge in [0, 0.05) is 35.4 Å². The number of rotatable bonds is 7. The van der Waals surface area contributed by atoms with Crippen LogP contribution in [0, 0.1) is 0 Å². The number of carbonyl (C=O) groups is 2. The molecule has 1 saturated heterocycles. The number of aliphatic hydroxyl groups is 1. The molecule has 1 aliphatic heterocycles. The van der Waals surface area contributed by atoms with Crippen molar-refractivity contribution in [3.05, 3.63) is 95.5 Å². The molecule has 0 spiro atoms. The molecule has 5 rings (SSSR count). The van der Waals surface area contributed by atoms with Crippen molar-refractivity contribution in [2.45, 2.75) is 12.5 Å². The summed E-state index contributed by atoms with van der Waals surface area (Å²) in [5.41, 5.74) is 2.83. The number of aliphatic hydroxyl groups excluding tert-OH is 1. The van der Waals surface area contributed by atoms with Crippen LogP contribution in [0.1, 0.15) is 22.9 Å². The SMILES string of the molecule is COc1cccc(C(O)=C2C(=O)C(=O)N(CCc3c[nH]c4ccc(OC)cc34)[C@H]2c2ccccn2)c1. The third kappa shape index (κ3) is 4.07. The van der Waals surface area contributed by atoms with Gasteiger partial charge in [-0.3, -0.25) is 14.6 Å². The van der Waals surface area contributed by atoms with Crippen molar-refractivity contribution in [2.75, 3.05) is 20.8 Å². The number of benzene rings is 2. The lowest BCUT2D eigenvalue weighted by atomic mass is 9.98. The van der Waals surface area contributed by atoms with E-state index < -0.39 is 17.7 Å². The van der Waals surface area contributed by atoms with E-state index in [0.29, 0.717) is 23.4 Å². The van der Waals surface area contributed by atoms with E-state index >= 15 is 0 Å². The van der Waals surface area contributed by atoms with E-state index in [-0.39, 0.29) is 17.9 Å². The highest BCUT2D eigenvalue weighted by molar-refractivity contribution is 6.46. The summed E-state index contributed by atoms with van der Waals surface area (Å²) in [4.78, 5) is 35.6. The fourth-order valence-corrected chi connectivity index (χ4v) is 4.61. The number of amides is 1. The van der Waals surface area contributed by atoms with Crippen LogP contribution in [0.3, 0.4) is 0 Å². The van der Waals surface area contributed by atoms with Gasteiger partial charge in [-0.05, 0) is 54.4 Å². The van der Waals surface area contributed by atoms with Gasteiger partial charge in [0.25, 0.3) is 11.7 Å². The summed E-state index contributed by atoms with van der Waals surface area (Å²) in [6, 6.07) is 17.0. The minimum absolute atomic E-state index is 0.00699. The van der Waals surface area contributed by atoms with Crippen LogP contribution < -0.4 is 9.47 Å². The van der Waals surface area contributed by atoms with Crippen LogP contribution in [0.25, 0.3) is 16.7 Å². The molecule has 1 aliphatic rings. The normalized spacial score (nSPS) is 17.1. The van der Waals surface area contributed by atoms with E-state index in [1.54, 1.807) is 55.8 Å². The van der Waals surface area contributed by atoms with Gasteiger partial charge >= 0.3 is 0 Å². The number of ketones is 1. The second kappa shape index (κ2) is 9.58. The predicted octanol–water partition coefficient (Wildman–Crippen LogP) is 4.24. The van der Waals surface area contributed by atoms with Gasteiger partial charge < -0.3 is 24.5 Å². The molecule has 0 aliphatic carbocycles. The number of likely N-dealkylation sites (tertiary alicyclic amines) is 1. The van der Waals surface area contributed by atoms with Crippen molar-refractivity contribution >= 4 is 28.4 Å². The topological polar surface area (TPSA) is 105 Å². The van der Waals surface area contributed by atoms with Crippen molar-refractivity contribution in [3.63, 3.8) is 0 Å². The minimum atomic E-state index is -0.822. The molecule has 2 aromatic carbocycles. The number of carbonyl (C=O) groups excluding carboxylic acids is 2. The van der Waals surface area contributed by atoms with Crippen molar-refractivity contribution in [1.29, 1.82) is 0 Å². The summed E-state index contributed by atoms with van der Waals surface area (Å²) < 4.78 is 10.6. The third-order valence-corrected chi connectivity index (χ3v) is 6.45. The number of nitrogens with zero attached hydrogens (tertiary/aromatic N) is 2. The molecular weight excluding hydrogens is 458 g/mol. The summed E-state index contributed by atoms with van der Waals surface area (Å²) in [5.74, 6) is -0.422. The molecule has 0 unspecified atom stereocenters. The highest BCUT2D eigenvalue weighted by Gasteiger charge is 2.46. The lowest BCUT2D eigenvalue weighted by molar-refractivity contribution is -0.139. The Balaban J connectivity index is 1.54. The summed E-state index contributed by atoms with van der Waals surface area (Å²) in [6.45, 7) is 0.255. The van der Waals surface area contributed by atoms with Gasteiger partial charge in [-0.25, -0.2) is 0 Å². The third-order valence-electron chi connectivity index (χ3n) is 6.45. The zero-order valence-electron chi connectivity index (χ0n) is 19.9. The monoisotopic (exact) mass is 483 g/mol. The van der Waals surface area contributed by atoms with Gasteiger partial charge in [0.05, 0.1) is 25.5 Å². The minimum Gasteiger partial charge on any atom is -0.507 e. The molecule has 1 fully saturated rings. The van der Waals surface area contributed by atoms with E-state index in [9.17, 15) is 14.7 Å². The summed E-state index contributed by atoms with van der Waals surface area (Å²) >= 11 is 0. The number of fused-ring (bicyclic) bond motifs is 1. The first kappa shape index (κ1) is 23.2. The Morgan fingerprint density at radius 3 is 2.58 bits per heavy atom. The van der Waals surface area contributed by atoms with Gasteiger partial charge in [-0.2, -0.15) is 0 Å². The first-order valence-electron chi connectivity index (χ1n) is 11.5. The Morgan fingerprint density at radius 2 is 1.83 bits per heavy atom. The van der Waals surface area contributed by atoms with E-state index in [0.717, 1.165) is 22.2 Å². The molecule has 8 heteroatoms. The van der Waals surface area contributed by atoms with E-state index in [2.05, 4.69) is 9.97 Å². The zero-order chi connectivity index (χ0) is 25.2. The number of H-pyrrole nitrogens is 1. The summed E-state index contributed by atoms with van der Waals surface area (Å²) in [6.07, 6.45) is 3.99. The van der Waals surface area contributed by atoms with Gasteiger partial charge in [0.2, 0.25) is 0 Å². The van der Waals surface area contributed by atoms with Gasteiger partial charge in [0.1, 0.15) is 23.3 Å². The number of pyridine rings is 1. The fourth-order valence-electron chi connectivity index (χ4n) is 4.61. The van der Waals surface area contributed by atoms with Crippen LogP contribution in [0.15, 0.2) is 78.6 Å². The largest absolute Gasteiger partial charge is 0.507 e. The number of aromatic nitrogens is 2. The Kier molecular flexibility index (Phi) is 6.16. The number of Topliss-reactive ketones (excluding diaryl/α,β-unsaturated/α-hetero) is 1. The second-order valence-electron chi connectivity index (χ2n) is 8.45. The molecule has 8 nitrogen and oxygen atoms in total. The number of aromatic amines is 1. The van der Waals surface area contributed by atoms with Gasteiger partial charge in [0.15, 0.2) is 0 Å². The molecule has 0 bridgehead atoms. The van der Waals surface area contributed by atoms with Gasteiger partial charge in [-0.15, -0.1) is 0 Å². The Bertz CT molecular complexity index is 1480. The van der Waals surface area contributed by atoms with Crippen molar-refractivity contribution in [2.24, 2.45) is 0 Å². The lowest BCUT2D eigenvalue weighted by Gasteiger charge is -2.24. The van der Waals surface area contributed by atoms with Crippen molar-refractivity contribution < 1.29 is 24.2 Å². The van der Waals surface area contributed by atoms with E-state index in [1.807, 2.05) is 24.4 Å². The highest BCUT2D eigenvalue weighted by atomic mass is 16.5. The molecular formula is C28H25N3O5. The quantitative estimate of drug-likeness (QED) is 0.231. The van der Waals surface area contributed by atoms with Crippen LogP contribution in [0.4, 0.5) is 0 Å². The Labute approximate surface area is 207 Å². The van der Waals surface area contributed by atoms with Crippen LogP contribution in [-0.2, 0) is 16.0 Å². The average molecular weight is 484 g/mol. The summed E-state index contributed by atoms with van der Waals surface area (Å²) in [7, 11) is 3.13. The molecule has 4 aromatic rings. The maximum atomic E-state index is 13.2. The number of hydrogen-bond acceptors (Lipinski definition) is 6. The van der Waals surface area contributed by atoms with E-state index in [1.165, 1.54) is 12.0 Å². The number of methoxy groups -OCH3 is 2. The predicted molar refractivity (Wildman–Crippen MR) is 135 cm³/mol. The zero-order valence-corrected chi connectivity index (χ0v) is 19.9. The molecule has 1 atom stereocenters. The van der Waals surface area contributed by atoms with Crippen molar-refractivity contribution in [1.82, 2.24) is 14.9 Å². The standard InChI is InChI=1S/C28H25N3O5/c1-35-19-7-5-6-17(14-19)26(32)24-25(23-8-3-4-12-29-23)31(28(34)27(24)33)13-11-18-16-30-22-10-9-20(36-2)15-21(18)22/h3-10,12,14-16,25,30,32H,11,13H2,1-2H3/t25-/m0/s1. The molecule has 3 heterocycles. The van der Waals surface area contributed by atoms with Gasteiger partial charge in [-0.1, -0.05) is 18.2 Å². The first-order valence-corrected chi connectivity index (χ1v) is 11.5. The Hall–Kier alpha value is -4.59. The second-order valence-corrected chi connectivity index (χ2v) is 8.45. The Morgan fingerprint density at radius 1 is 1.03 bits per heavy atom. The number of nitrogens with one attached hydrogen (secondary N) is 1. The van der Waals surface area contributed by atoms with Crippen LogP contribution in [0.5, 0.6) is 11.5 Å². The lowest BCUT2D eigenvalue weighted by Crippen LogP contribution is -2.32.